The summed E-state index contributed by atoms with van der Waals surface area (Å²) in [5.74, 6) is 0.232. The number of rotatable bonds is 10. The number of aryl methyl sites for hydroxylation is 2. The maximum Gasteiger partial charge on any atom is 0.250 e. The van der Waals surface area contributed by atoms with Gasteiger partial charge in [0.15, 0.2) is 6.29 Å². The third-order valence-corrected chi connectivity index (χ3v) is 6.19. The lowest BCUT2D eigenvalue weighted by atomic mass is 9.95. The standard InChI is InChI=1S/C26H36N4O4/c1-16(2)13-22(30-12-7-6-11-23(30)31)26(34)27-21(15-24(32)33)19-9-8-10-20(14-19)25-17(3)28-29(5)18(25)4/h6-12,14,16,21-22,24,26-27,32-34H,13,15H2,1-5H3/t21-,22-,26?/m0/s1. The van der Waals surface area contributed by atoms with Gasteiger partial charge in [-0.2, -0.15) is 5.10 Å². The smallest absolute Gasteiger partial charge is 0.250 e. The van der Waals surface area contributed by atoms with E-state index in [2.05, 4.69) is 10.4 Å². The lowest BCUT2D eigenvalue weighted by molar-refractivity contribution is -0.0576. The Morgan fingerprint density at radius 2 is 1.76 bits per heavy atom. The van der Waals surface area contributed by atoms with Crippen LogP contribution in [0.5, 0.6) is 0 Å². The summed E-state index contributed by atoms with van der Waals surface area (Å²) in [5, 5.41) is 38.4. The van der Waals surface area contributed by atoms with E-state index in [1.54, 1.807) is 18.3 Å². The SMILES string of the molecule is Cc1nn(C)c(C)c1-c1cccc([C@H](CC(O)O)NC(O)[C@H](CC(C)C)n2ccccc2=O)c1. The molecule has 0 spiro atoms. The van der Waals surface area contributed by atoms with E-state index in [0.29, 0.717) is 6.42 Å². The van der Waals surface area contributed by atoms with E-state index in [-0.39, 0.29) is 17.9 Å². The molecule has 0 aliphatic carbocycles. The Hall–Kier alpha value is -2.78. The van der Waals surface area contributed by atoms with Crippen LogP contribution in [0.25, 0.3) is 11.1 Å². The van der Waals surface area contributed by atoms with E-state index in [9.17, 15) is 20.1 Å². The molecule has 184 valence electrons. The summed E-state index contributed by atoms with van der Waals surface area (Å²) in [4.78, 5) is 12.5. The Labute approximate surface area is 200 Å². The minimum atomic E-state index is -1.57. The summed E-state index contributed by atoms with van der Waals surface area (Å²) in [6.45, 7) is 8.03. The van der Waals surface area contributed by atoms with Gasteiger partial charge in [-0.05, 0) is 49.4 Å². The largest absolute Gasteiger partial charge is 0.376 e. The van der Waals surface area contributed by atoms with Crippen LogP contribution in [0.15, 0.2) is 53.5 Å². The molecule has 0 aliphatic heterocycles. The highest BCUT2D eigenvalue weighted by molar-refractivity contribution is 5.69. The van der Waals surface area contributed by atoms with Gasteiger partial charge in [0, 0.05) is 43.0 Å². The van der Waals surface area contributed by atoms with E-state index in [1.807, 2.05) is 63.7 Å². The van der Waals surface area contributed by atoms with E-state index >= 15 is 0 Å². The van der Waals surface area contributed by atoms with Crippen molar-refractivity contribution in [3.8, 4) is 11.1 Å². The lowest BCUT2D eigenvalue weighted by Crippen LogP contribution is -2.43. The maximum atomic E-state index is 12.5. The Balaban J connectivity index is 1.96. The second kappa shape index (κ2) is 11.1. The molecule has 0 saturated carbocycles. The molecule has 0 aliphatic rings. The minimum absolute atomic E-state index is 0.0242. The van der Waals surface area contributed by atoms with Crippen LogP contribution in [-0.4, -0.2) is 42.2 Å². The number of hydrogen-bond acceptors (Lipinski definition) is 6. The number of pyridine rings is 1. The summed E-state index contributed by atoms with van der Waals surface area (Å²) in [7, 11) is 1.90. The number of benzene rings is 1. The summed E-state index contributed by atoms with van der Waals surface area (Å²) < 4.78 is 3.37. The van der Waals surface area contributed by atoms with E-state index in [4.69, 9.17) is 0 Å². The first-order valence-electron chi connectivity index (χ1n) is 11.7. The topological polar surface area (TPSA) is 113 Å². The van der Waals surface area contributed by atoms with E-state index in [0.717, 1.165) is 28.1 Å². The average molecular weight is 469 g/mol. The number of aromatic nitrogens is 3. The molecule has 0 radical (unpaired) electrons. The fourth-order valence-corrected chi connectivity index (χ4v) is 4.52. The molecule has 34 heavy (non-hydrogen) atoms. The highest BCUT2D eigenvalue weighted by Crippen LogP contribution is 2.31. The Morgan fingerprint density at radius 3 is 2.35 bits per heavy atom. The van der Waals surface area contributed by atoms with Gasteiger partial charge in [0.25, 0.3) is 5.56 Å². The molecule has 8 heteroatoms. The van der Waals surface area contributed by atoms with Crippen LogP contribution >= 0.6 is 0 Å². The van der Waals surface area contributed by atoms with Gasteiger partial charge in [-0.3, -0.25) is 14.8 Å². The van der Waals surface area contributed by atoms with Crippen molar-refractivity contribution in [3.63, 3.8) is 0 Å². The fourth-order valence-electron chi connectivity index (χ4n) is 4.52. The second-order valence-corrected chi connectivity index (χ2v) is 9.32. The van der Waals surface area contributed by atoms with Crippen LogP contribution in [-0.2, 0) is 7.05 Å². The van der Waals surface area contributed by atoms with Crippen molar-refractivity contribution in [3.05, 3.63) is 76.0 Å². The van der Waals surface area contributed by atoms with Crippen molar-refractivity contribution in [1.82, 2.24) is 19.7 Å². The van der Waals surface area contributed by atoms with Gasteiger partial charge >= 0.3 is 0 Å². The van der Waals surface area contributed by atoms with Crippen molar-refractivity contribution >= 4 is 0 Å². The highest BCUT2D eigenvalue weighted by Gasteiger charge is 2.27. The number of nitrogens with zero attached hydrogens (tertiary/aromatic N) is 3. The van der Waals surface area contributed by atoms with Crippen LogP contribution in [0, 0.1) is 19.8 Å². The quantitative estimate of drug-likeness (QED) is 0.341. The van der Waals surface area contributed by atoms with Crippen LogP contribution in [0.1, 0.15) is 55.7 Å². The molecule has 2 heterocycles. The minimum Gasteiger partial charge on any atom is -0.376 e. The first-order valence-corrected chi connectivity index (χ1v) is 11.7. The van der Waals surface area contributed by atoms with Gasteiger partial charge < -0.3 is 19.9 Å². The molecule has 3 atom stereocenters. The predicted molar refractivity (Wildman–Crippen MR) is 132 cm³/mol. The van der Waals surface area contributed by atoms with Crippen molar-refractivity contribution in [1.29, 1.82) is 0 Å². The van der Waals surface area contributed by atoms with Crippen molar-refractivity contribution in [2.45, 2.75) is 65.1 Å². The zero-order valence-electron chi connectivity index (χ0n) is 20.5. The molecule has 0 amide bonds. The lowest BCUT2D eigenvalue weighted by Gasteiger charge is -2.31. The van der Waals surface area contributed by atoms with E-state index in [1.165, 1.54) is 10.6 Å². The molecule has 0 bridgehead atoms. The van der Waals surface area contributed by atoms with Crippen molar-refractivity contribution in [2.24, 2.45) is 13.0 Å². The molecule has 2 aromatic heterocycles. The average Bonchev–Trinajstić information content (AvgIpc) is 3.03. The molecular formula is C26H36N4O4. The van der Waals surface area contributed by atoms with Crippen LogP contribution in [0.4, 0.5) is 0 Å². The number of aliphatic hydroxyl groups is 3. The molecule has 4 N–H and O–H groups in total. The Kier molecular flexibility index (Phi) is 8.43. The summed E-state index contributed by atoms with van der Waals surface area (Å²) in [6, 6.07) is 11.6. The second-order valence-electron chi connectivity index (χ2n) is 9.32. The van der Waals surface area contributed by atoms with Gasteiger partial charge in [0.1, 0.15) is 6.23 Å². The van der Waals surface area contributed by atoms with Gasteiger partial charge in [-0.1, -0.05) is 38.1 Å². The molecular weight excluding hydrogens is 432 g/mol. The van der Waals surface area contributed by atoms with Gasteiger partial charge in [-0.25, -0.2) is 0 Å². The summed E-state index contributed by atoms with van der Waals surface area (Å²) in [5.41, 5.74) is 4.54. The van der Waals surface area contributed by atoms with Crippen LogP contribution < -0.4 is 10.9 Å². The maximum absolute atomic E-state index is 12.5. The van der Waals surface area contributed by atoms with Gasteiger partial charge in [0.2, 0.25) is 0 Å². The molecule has 3 rings (SSSR count). The normalized spacial score (nSPS) is 14.5. The number of hydrogen-bond donors (Lipinski definition) is 4. The fraction of sp³-hybridized carbons (Fsp3) is 0.462. The zero-order valence-corrected chi connectivity index (χ0v) is 20.5. The first kappa shape index (κ1) is 25.8. The van der Waals surface area contributed by atoms with Crippen molar-refractivity contribution in [2.75, 3.05) is 0 Å². The molecule has 0 saturated heterocycles. The first-order chi connectivity index (χ1) is 16.1. The third-order valence-electron chi connectivity index (χ3n) is 6.19. The number of nitrogens with one attached hydrogen (secondary N) is 1. The third kappa shape index (κ3) is 6.01. The summed E-state index contributed by atoms with van der Waals surface area (Å²) >= 11 is 0. The van der Waals surface area contributed by atoms with Crippen LogP contribution in [0.2, 0.25) is 0 Å². The predicted octanol–water partition coefficient (Wildman–Crippen LogP) is 2.80. The number of aliphatic hydroxyl groups excluding tert-OH is 2. The van der Waals surface area contributed by atoms with Gasteiger partial charge in [-0.15, -0.1) is 0 Å². The highest BCUT2D eigenvalue weighted by atomic mass is 16.5. The summed E-state index contributed by atoms with van der Waals surface area (Å²) in [6.07, 6.45) is -0.440. The van der Waals surface area contributed by atoms with Crippen LogP contribution in [0.3, 0.4) is 0 Å². The zero-order chi connectivity index (χ0) is 25.0. The monoisotopic (exact) mass is 468 g/mol. The Bertz CT molecular complexity index is 1150. The molecule has 8 nitrogen and oxygen atoms in total. The van der Waals surface area contributed by atoms with Crippen molar-refractivity contribution < 1.29 is 15.3 Å². The molecule has 0 fully saturated rings. The molecule has 3 aromatic rings. The molecule has 1 unspecified atom stereocenters. The van der Waals surface area contributed by atoms with Gasteiger partial charge in [0.05, 0.1) is 11.7 Å². The van der Waals surface area contributed by atoms with E-state index < -0.39 is 24.6 Å². The Morgan fingerprint density at radius 1 is 1.03 bits per heavy atom. The molecule has 1 aromatic carbocycles.